The Morgan fingerprint density at radius 2 is 2.06 bits per heavy atom. The van der Waals surface area contributed by atoms with Crippen molar-refractivity contribution in [1.29, 1.82) is 0 Å². The number of pyridine rings is 2. The first kappa shape index (κ1) is 24.5. The Balaban J connectivity index is 1.64. The van der Waals surface area contributed by atoms with Gasteiger partial charge in [-0.05, 0) is 49.6 Å². The van der Waals surface area contributed by atoms with E-state index in [1.54, 1.807) is 12.4 Å². The zero-order valence-corrected chi connectivity index (χ0v) is 19.6. The molecule has 3 heterocycles. The third-order valence-electron chi connectivity index (χ3n) is 5.99. The van der Waals surface area contributed by atoms with Gasteiger partial charge in [0, 0.05) is 49.2 Å². The molecule has 1 aliphatic rings. The van der Waals surface area contributed by atoms with Gasteiger partial charge < -0.3 is 21.1 Å². The van der Waals surface area contributed by atoms with Crippen LogP contribution in [0.25, 0.3) is 11.3 Å². The van der Waals surface area contributed by atoms with Gasteiger partial charge in [-0.3, -0.25) is 9.78 Å². The van der Waals surface area contributed by atoms with Gasteiger partial charge in [-0.1, -0.05) is 6.92 Å². The van der Waals surface area contributed by atoms with Crippen LogP contribution >= 0.6 is 0 Å². The largest absolute Gasteiger partial charge is 0.491 e. The molecule has 0 unspecified atom stereocenters. The number of benzene rings is 1. The van der Waals surface area contributed by atoms with Crippen LogP contribution in [0.2, 0.25) is 0 Å². The van der Waals surface area contributed by atoms with E-state index in [1.807, 2.05) is 13.0 Å². The maximum absolute atomic E-state index is 15.1. The minimum atomic E-state index is -0.870. The van der Waals surface area contributed by atoms with Crippen LogP contribution in [0, 0.1) is 11.6 Å². The van der Waals surface area contributed by atoms with Gasteiger partial charge in [0.25, 0.3) is 0 Å². The monoisotopic (exact) mass is 481 g/mol. The minimum absolute atomic E-state index is 0.0137. The van der Waals surface area contributed by atoms with E-state index in [4.69, 9.17) is 16.2 Å². The molecule has 1 fully saturated rings. The number of anilines is 2. The minimum Gasteiger partial charge on any atom is -0.491 e. The number of nitrogens with zero attached hydrogens (tertiary/aromatic N) is 3. The highest BCUT2D eigenvalue weighted by Crippen LogP contribution is 2.32. The molecule has 0 spiro atoms. The molecule has 0 radical (unpaired) electrons. The molecule has 0 amide bonds. The fourth-order valence-corrected chi connectivity index (χ4v) is 4.27. The molecule has 1 aliphatic heterocycles. The number of piperidine rings is 1. The van der Waals surface area contributed by atoms with Crippen molar-refractivity contribution in [2.24, 2.45) is 5.73 Å². The van der Waals surface area contributed by atoms with Crippen molar-refractivity contribution in [3.05, 3.63) is 65.6 Å². The second-order valence-corrected chi connectivity index (χ2v) is 8.67. The van der Waals surface area contributed by atoms with Crippen molar-refractivity contribution < 1.29 is 18.3 Å². The van der Waals surface area contributed by atoms with Crippen LogP contribution in [0.5, 0.6) is 5.75 Å². The number of halogens is 2. The SMILES string of the molecule is CCCOc1ccc(F)c(-c2ccc(N)c(C(=O)Cc3cnccc3N3CCC[C@H](N)C3)n2)c1F. The predicted molar refractivity (Wildman–Crippen MR) is 131 cm³/mol. The van der Waals surface area contributed by atoms with E-state index in [1.165, 1.54) is 18.2 Å². The summed E-state index contributed by atoms with van der Waals surface area (Å²) in [5.41, 5.74) is 13.5. The Kier molecular flexibility index (Phi) is 7.55. The van der Waals surface area contributed by atoms with Crippen LogP contribution in [-0.2, 0) is 6.42 Å². The number of Topliss-reactive ketones (excluding diaryl/α,β-unsaturated/α-hetero) is 1. The molecular formula is C26H29F2N5O2. The van der Waals surface area contributed by atoms with Crippen molar-refractivity contribution in [3.63, 3.8) is 0 Å². The van der Waals surface area contributed by atoms with Gasteiger partial charge in [0.15, 0.2) is 17.3 Å². The van der Waals surface area contributed by atoms with E-state index >= 15 is 4.39 Å². The lowest BCUT2D eigenvalue weighted by molar-refractivity contribution is 0.0989. The van der Waals surface area contributed by atoms with Gasteiger partial charge in [0.05, 0.1) is 23.6 Å². The zero-order chi connectivity index (χ0) is 24.9. The number of carbonyl (C=O) groups excluding carboxylic acids is 1. The normalized spacial score (nSPS) is 15.8. The number of nitrogen functional groups attached to an aromatic ring is 1. The van der Waals surface area contributed by atoms with E-state index in [-0.39, 0.29) is 53.2 Å². The van der Waals surface area contributed by atoms with Crippen LogP contribution in [0.4, 0.5) is 20.2 Å². The Labute approximate surface area is 203 Å². The number of ether oxygens (including phenoxy) is 1. The first-order valence-corrected chi connectivity index (χ1v) is 11.7. The van der Waals surface area contributed by atoms with Crippen molar-refractivity contribution >= 4 is 17.2 Å². The summed E-state index contributed by atoms with van der Waals surface area (Å²) < 4.78 is 35.1. The molecule has 9 heteroatoms. The standard InChI is InChI=1S/C26H29F2N5O2/c1-2-12-35-23-8-5-18(27)24(25(23)28)20-7-6-19(30)26(32-20)22(34)13-16-14-31-10-9-21(16)33-11-3-4-17(29)15-33/h5-10,14,17H,2-4,11-13,15,29-30H2,1H3/t17-/m0/s1. The molecule has 2 aromatic heterocycles. The van der Waals surface area contributed by atoms with Gasteiger partial charge in [-0.15, -0.1) is 0 Å². The first-order chi connectivity index (χ1) is 16.9. The molecule has 4 rings (SSSR count). The molecule has 0 bridgehead atoms. The number of hydrogen-bond acceptors (Lipinski definition) is 7. The fourth-order valence-electron chi connectivity index (χ4n) is 4.27. The summed E-state index contributed by atoms with van der Waals surface area (Å²) in [5.74, 6) is -2.13. The molecule has 35 heavy (non-hydrogen) atoms. The summed E-state index contributed by atoms with van der Waals surface area (Å²) in [6, 6.07) is 7.11. The average molecular weight is 482 g/mol. The number of nitrogens with two attached hydrogens (primary N) is 2. The van der Waals surface area contributed by atoms with Crippen LogP contribution in [0.1, 0.15) is 42.2 Å². The molecule has 3 aromatic rings. The highest BCUT2D eigenvalue weighted by molar-refractivity contribution is 6.01. The lowest BCUT2D eigenvalue weighted by Crippen LogP contribution is -2.43. The van der Waals surface area contributed by atoms with Gasteiger partial charge in [-0.2, -0.15) is 0 Å². The van der Waals surface area contributed by atoms with Crippen LogP contribution < -0.4 is 21.1 Å². The summed E-state index contributed by atoms with van der Waals surface area (Å²) in [5, 5.41) is 0. The second-order valence-electron chi connectivity index (χ2n) is 8.67. The lowest BCUT2D eigenvalue weighted by Gasteiger charge is -2.33. The smallest absolute Gasteiger partial charge is 0.187 e. The predicted octanol–water partition coefficient (Wildman–Crippen LogP) is 4.15. The number of ketones is 1. The molecule has 4 N–H and O–H groups in total. The lowest BCUT2D eigenvalue weighted by atomic mass is 10.0. The highest BCUT2D eigenvalue weighted by Gasteiger charge is 2.23. The molecule has 1 atom stereocenters. The van der Waals surface area contributed by atoms with E-state index in [9.17, 15) is 9.18 Å². The van der Waals surface area contributed by atoms with E-state index < -0.39 is 11.6 Å². The molecule has 7 nitrogen and oxygen atoms in total. The number of aromatic nitrogens is 2. The van der Waals surface area contributed by atoms with E-state index in [2.05, 4.69) is 14.9 Å². The summed E-state index contributed by atoms with van der Waals surface area (Å²) in [6.45, 7) is 3.70. The maximum atomic E-state index is 15.1. The summed E-state index contributed by atoms with van der Waals surface area (Å²) in [6.07, 6.45) is 5.90. The topological polar surface area (TPSA) is 107 Å². The highest BCUT2D eigenvalue weighted by atomic mass is 19.1. The second kappa shape index (κ2) is 10.8. The van der Waals surface area contributed by atoms with E-state index in [0.29, 0.717) is 18.5 Å². The van der Waals surface area contributed by atoms with Gasteiger partial charge in [0.1, 0.15) is 11.5 Å². The van der Waals surface area contributed by atoms with Gasteiger partial charge in [0.2, 0.25) is 0 Å². The molecule has 1 saturated heterocycles. The van der Waals surface area contributed by atoms with Gasteiger partial charge >= 0.3 is 0 Å². The Bertz CT molecular complexity index is 1220. The third kappa shape index (κ3) is 5.40. The van der Waals surface area contributed by atoms with Crippen molar-refractivity contribution in [3.8, 4) is 17.0 Å². The molecular weight excluding hydrogens is 452 g/mol. The maximum Gasteiger partial charge on any atom is 0.187 e. The number of carbonyl (C=O) groups is 1. The van der Waals surface area contributed by atoms with Gasteiger partial charge in [-0.25, -0.2) is 13.8 Å². The van der Waals surface area contributed by atoms with Crippen LogP contribution in [0.3, 0.4) is 0 Å². The van der Waals surface area contributed by atoms with E-state index in [0.717, 1.165) is 31.1 Å². The Morgan fingerprint density at radius 3 is 2.83 bits per heavy atom. The average Bonchev–Trinajstić information content (AvgIpc) is 2.85. The summed E-state index contributed by atoms with van der Waals surface area (Å²) >= 11 is 0. The molecule has 184 valence electrons. The Morgan fingerprint density at radius 1 is 1.23 bits per heavy atom. The molecule has 0 saturated carbocycles. The molecule has 0 aliphatic carbocycles. The summed E-state index contributed by atoms with van der Waals surface area (Å²) in [7, 11) is 0. The van der Waals surface area contributed by atoms with Crippen LogP contribution in [0.15, 0.2) is 42.7 Å². The fraction of sp³-hybridized carbons (Fsp3) is 0.346. The first-order valence-electron chi connectivity index (χ1n) is 11.7. The van der Waals surface area contributed by atoms with Crippen LogP contribution in [-0.4, -0.2) is 41.5 Å². The van der Waals surface area contributed by atoms with Crippen molar-refractivity contribution in [2.75, 3.05) is 30.3 Å². The van der Waals surface area contributed by atoms with Crippen molar-refractivity contribution in [2.45, 2.75) is 38.6 Å². The molecule has 1 aromatic carbocycles. The number of hydrogen-bond donors (Lipinski definition) is 2. The third-order valence-corrected chi connectivity index (χ3v) is 5.99. The number of rotatable bonds is 8. The Hall–Kier alpha value is -3.59. The summed E-state index contributed by atoms with van der Waals surface area (Å²) in [4.78, 5) is 23.9. The van der Waals surface area contributed by atoms with Crippen molar-refractivity contribution in [1.82, 2.24) is 9.97 Å². The quantitative estimate of drug-likeness (QED) is 0.466. The zero-order valence-electron chi connectivity index (χ0n) is 19.6.